The molecule has 0 unspecified atom stereocenters. The minimum atomic E-state index is -4.22. The fourth-order valence-corrected chi connectivity index (χ4v) is 4.69. The molecule has 0 atom stereocenters. The number of halogens is 2. The van der Waals surface area contributed by atoms with Crippen LogP contribution in [0.5, 0.6) is 5.75 Å². The number of rotatable bonds is 5. The van der Waals surface area contributed by atoms with Crippen LogP contribution in [0.4, 0.5) is 8.78 Å². The number of hydrogen-bond acceptors (Lipinski definition) is 4. The van der Waals surface area contributed by atoms with Gasteiger partial charge >= 0.3 is 0 Å². The van der Waals surface area contributed by atoms with Gasteiger partial charge in [0, 0.05) is 12.7 Å². The molecule has 3 aromatic carbocycles. The molecule has 158 valence electrons. The highest BCUT2D eigenvalue weighted by Crippen LogP contribution is 2.24. The first kappa shape index (κ1) is 20.7. The Morgan fingerprint density at radius 3 is 2.13 bits per heavy atom. The van der Waals surface area contributed by atoms with E-state index in [9.17, 15) is 22.0 Å². The first-order valence-corrected chi connectivity index (χ1v) is 10.7. The Morgan fingerprint density at radius 1 is 0.903 bits per heavy atom. The van der Waals surface area contributed by atoms with Crippen molar-refractivity contribution in [3.8, 4) is 5.75 Å². The second-order valence-electron chi connectivity index (χ2n) is 6.92. The summed E-state index contributed by atoms with van der Waals surface area (Å²) in [5.41, 5.74) is 0.522. The normalized spacial score (nSPS) is 11.6. The summed E-state index contributed by atoms with van der Waals surface area (Å²) in [5, 5.41) is 0.157. The van der Waals surface area contributed by atoms with Crippen molar-refractivity contribution in [3.05, 3.63) is 100 Å². The molecule has 0 saturated heterocycles. The molecule has 31 heavy (non-hydrogen) atoms. The molecule has 0 saturated carbocycles. The summed E-state index contributed by atoms with van der Waals surface area (Å²) in [6.07, 6.45) is 1.26. The van der Waals surface area contributed by atoms with Crippen LogP contribution in [0.25, 0.3) is 10.9 Å². The number of fused-ring (bicyclic) bond motifs is 1. The molecule has 0 aliphatic carbocycles. The molecule has 1 aromatic heterocycles. The molecular formula is C23H17F2NO4S. The lowest BCUT2D eigenvalue weighted by Gasteiger charge is -2.15. The highest BCUT2D eigenvalue weighted by atomic mass is 32.2. The van der Waals surface area contributed by atoms with Crippen LogP contribution in [0, 0.1) is 11.6 Å². The average molecular weight is 441 g/mol. The first-order valence-electron chi connectivity index (χ1n) is 9.26. The van der Waals surface area contributed by atoms with Crippen molar-refractivity contribution in [3.63, 3.8) is 0 Å². The van der Waals surface area contributed by atoms with Crippen molar-refractivity contribution in [2.24, 2.45) is 0 Å². The molecular weight excluding hydrogens is 424 g/mol. The third-order valence-electron chi connectivity index (χ3n) is 4.93. The molecule has 0 N–H and O–H groups in total. The summed E-state index contributed by atoms with van der Waals surface area (Å²) in [4.78, 5) is 12.5. The van der Waals surface area contributed by atoms with Gasteiger partial charge in [-0.05, 0) is 60.2 Å². The number of sulfone groups is 1. The maximum absolute atomic E-state index is 13.3. The zero-order valence-corrected chi connectivity index (χ0v) is 17.2. The van der Waals surface area contributed by atoms with Crippen LogP contribution >= 0.6 is 0 Å². The third-order valence-corrected chi connectivity index (χ3v) is 6.70. The Hall–Kier alpha value is -3.52. The molecule has 0 amide bonds. The molecule has 0 bridgehead atoms. The van der Waals surface area contributed by atoms with Gasteiger partial charge < -0.3 is 9.30 Å². The lowest BCUT2D eigenvalue weighted by Crippen LogP contribution is -2.19. The number of aromatic nitrogens is 1. The fraction of sp³-hybridized carbons (Fsp3) is 0.0870. The molecule has 1 heterocycles. The maximum Gasteiger partial charge on any atom is 0.211 e. The van der Waals surface area contributed by atoms with Crippen molar-refractivity contribution in [2.45, 2.75) is 16.3 Å². The van der Waals surface area contributed by atoms with Gasteiger partial charge in [0.05, 0.1) is 22.9 Å². The summed E-state index contributed by atoms with van der Waals surface area (Å²) in [6.45, 7) is 0.204. The predicted molar refractivity (Wildman–Crippen MR) is 112 cm³/mol. The lowest BCUT2D eigenvalue weighted by molar-refractivity contribution is 0.415. The summed E-state index contributed by atoms with van der Waals surface area (Å²) < 4.78 is 59.8. The first-order chi connectivity index (χ1) is 14.8. The lowest BCUT2D eigenvalue weighted by atomic mass is 10.1. The van der Waals surface area contributed by atoms with E-state index >= 15 is 0 Å². The Bertz CT molecular complexity index is 1430. The minimum absolute atomic E-state index is 0.157. The van der Waals surface area contributed by atoms with Gasteiger partial charge in [-0.1, -0.05) is 12.1 Å². The number of nitrogens with zero attached hydrogens (tertiary/aromatic N) is 1. The van der Waals surface area contributed by atoms with E-state index in [2.05, 4.69) is 0 Å². The Kier molecular flexibility index (Phi) is 5.32. The van der Waals surface area contributed by atoms with Crippen LogP contribution in [-0.2, 0) is 16.4 Å². The molecule has 0 aliphatic heterocycles. The van der Waals surface area contributed by atoms with Gasteiger partial charge in [0.25, 0.3) is 0 Å². The molecule has 4 rings (SSSR count). The van der Waals surface area contributed by atoms with E-state index < -0.39 is 31.8 Å². The standard InChI is InChI=1S/C23H17F2NO4S/c1-30-18-8-11-21-20(12-18)23(27)22(31(28,29)19-9-6-17(25)7-10-19)14-26(21)13-15-2-4-16(24)5-3-15/h2-12,14H,13H2,1H3. The van der Waals surface area contributed by atoms with Gasteiger partial charge in [-0.25, -0.2) is 17.2 Å². The van der Waals surface area contributed by atoms with Gasteiger partial charge in [-0.3, -0.25) is 4.79 Å². The predicted octanol–water partition coefficient (Wildman–Crippen LogP) is 4.17. The van der Waals surface area contributed by atoms with E-state index in [0.717, 1.165) is 24.3 Å². The summed E-state index contributed by atoms with van der Waals surface area (Å²) >= 11 is 0. The highest BCUT2D eigenvalue weighted by Gasteiger charge is 2.24. The molecule has 5 nitrogen and oxygen atoms in total. The van der Waals surface area contributed by atoms with Gasteiger partial charge in [0.15, 0.2) is 0 Å². The van der Waals surface area contributed by atoms with E-state index in [0.29, 0.717) is 16.8 Å². The molecule has 8 heteroatoms. The van der Waals surface area contributed by atoms with Crippen LogP contribution in [0.1, 0.15) is 5.56 Å². The zero-order chi connectivity index (χ0) is 22.2. The van der Waals surface area contributed by atoms with E-state index in [1.807, 2.05) is 0 Å². The number of ether oxygens (including phenoxy) is 1. The summed E-state index contributed by atoms with van der Waals surface area (Å²) in [7, 11) is -2.78. The molecule has 0 fully saturated rings. The van der Waals surface area contributed by atoms with Crippen LogP contribution in [0.3, 0.4) is 0 Å². The van der Waals surface area contributed by atoms with E-state index in [4.69, 9.17) is 4.74 Å². The van der Waals surface area contributed by atoms with Gasteiger partial charge in [0.2, 0.25) is 15.3 Å². The largest absolute Gasteiger partial charge is 0.497 e. The van der Waals surface area contributed by atoms with Crippen LogP contribution < -0.4 is 10.2 Å². The number of methoxy groups -OCH3 is 1. The van der Waals surface area contributed by atoms with Crippen LogP contribution in [-0.4, -0.2) is 20.1 Å². The monoisotopic (exact) mass is 441 g/mol. The quantitative estimate of drug-likeness (QED) is 0.436. The third kappa shape index (κ3) is 3.94. The van der Waals surface area contributed by atoms with Gasteiger partial charge in [-0.2, -0.15) is 0 Å². The average Bonchev–Trinajstić information content (AvgIpc) is 2.77. The van der Waals surface area contributed by atoms with Crippen molar-refractivity contribution >= 4 is 20.7 Å². The SMILES string of the molecule is COc1ccc2c(c1)c(=O)c(S(=O)(=O)c1ccc(F)cc1)cn2Cc1ccc(F)cc1. The number of benzene rings is 3. The second-order valence-corrected chi connectivity index (χ2v) is 8.84. The van der Waals surface area contributed by atoms with Crippen molar-refractivity contribution in [2.75, 3.05) is 7.11 Å². The second kappa shape index (κ2) is 7.96. The van der Waals surface area contributed by atoms with Gasteiger partial charge in [0.1, 0.15) is 22.3 Å². The fourth-order valence-electron chi connectivity index (χ4n) is 3.33. The number of pyridine rings is 1. The van der Waals surface area contributed by atoms with E-state index in [-0.39, 0.29) is 16.8 Å². The van der Waals surface area contributed by atoms with Crippen LogP contribution in [0.2, 0.25) is 0 Å². The molecule has 0 spiro atoms. The van der Waals surface area contributed by atoms with Crippen molar-refractivity contribution in [1.29, 1.82) is 0 Å². The zero-order valence-electron chi connectivity index (χ0n) is 16.4. The minimum Gasteiger partial charge on any atom is -0.497 e. The van der Waals surface area contributed by atoms with Crippen LogP contribution in [0.15, 0.2) is 87.5 Å². The van der Waals surface area contributed by atoms with Crippen molar-refractivity contribution in [1.82, 2.24) is 4.57 Å². The molecule has 0 aliphatic rings. The Balaban J connectivity index is 1.96. The Labute approximate surface area is 177 Å². The maximum atomic E-state index is 13.3. The molecule has 0 radical (unpaired) electrons. The van der Waals surface area contributed by atoms with E-state index in [1.165, 1.54) is 31.5 Å². The van der Waals surface area contributed by atoms with E-state index in [1.54, 1.807) is 28.8 Å². The van der Waals surface area contributed by atoms with Crippen molar-refractivity contribution < 1.29 is 21.9 Å². The molecule has 4 aromatic rings. The number of hydrogen-bond donors (Lipinski definition) is 0. The summed E-state index contributed by atoms with van der Waals surface area (Å²) in [6, 6.07) is 14.8. The Morgan fingerprint density at radius 2 is 1.52 bits per heavy atom. The highest BCUT2D eigenvalue weighted by molar-refractivity contribution is 7.91. The summed E-state index contributed by atoms with van der Waals surface area (Å²) in [5.74, 6) is -0.581. The van der Waals surface area contributed by atoms with Gasteiger partial charge in [-0.15, -0.1) is 0 Å². The topological polar surface area (TPSA) is 65.4 Å². The smallest absolute Gasteiger partial charge is 0.211 e.